The minimum atomic E-state index is -0.676. The zero-order valence-corrected chi connectivity index (χ0v) is 21.3. The molecule has 1 aliphatic carbocycles. The smallest absolute Gasteiger partial charge is 0.230 e. The van der Waals surface area contributed by atoms with E-state index in [1.165, 1.54) is 25.7 Å². The zero-order chi connectivity index (χ0) is 24.8. The number of fused-ring (bicyclic) bond motifs is 4. The summed E-state index contributed by atoms with van der Waals surface area (Å²) in [6.07, 6.45) is 10.1. The average Bonchev–Trinajstić information content (AvgIpc) is 3.58. The van der Waals surface area contributed by atoms with Crippen LogP contribution in [0.2, 0.25) is 0 Å². The molecule has 196 valence electrons. The molecule has 0 radical (unpaired) electrons. The largest absolute Gasteiger partial charge is 0.379 e. The van der Waals surface area contributed by atoms with E-state index in [2.05, 4.69) is 41.0 Å². The van der Waals surface area contributed by atoms with Crippen molar-refractivity contribution in [2.24, 2.45) is 0 Å². The molecule has 1 saturated carbocycles. The number of rotatable bonds is 4. The van der Waals surface area contributed by atoms with Gasteiger partial charge in [-0.25, -0.2) is 9.97 Å². The van der Waals surface area contributed by atoms with Gasteiger partial charge in [0.25, 0.3) is 0 Å². The van der Waals surface area contributed by atoms with Crippen molar-refractivity contribution in [2.45, 2.75) is 56.3 Å². The van der Waals surface area contributed by atoms with Gasteiger partial charge in [-0.15, -0.1) is 0 Å². The van der Waals surface area contributed by atoms with Crippen LogP contribution < -0.4 is 15.5 Å². The highest BCUT2D eigenvalue weighted by molar-refractivity contribution is 5.79. The summed E-state index contributed by atoms with van der Waals surface area (Å²) in [5, 5.41) is 18.2. The number of morpholine rings is 1. The third-order valence-corrected chi connectivity index (χ3v) is 8.86. The van der Waals surface area contributed by atoms with E-state index in [4.69, 9.17) is 9.72 Å². The summed E-state index contributed by atoms with van der Waals surface area (Å²) in [5.41, 5.74) is 2.91. The third-order valence-electron chi connectivity index (χ3n) is 8.86. The molecule has 0 bridgehead atoms. The van der Waals surface area contributed by atoms with Crippen LogP contribution in [0.15, 0.2) is 30.6 Å². The minimum absolute atomic E-state index is 0.0168. The maximum atomic E-state index is 10.6. The van der Waals surface area contributed by atoms with Crippen molar-refractivity contribution in [1.82, 2.24) is 29.7 Å². The molecule has 6 heterocycles. The maximum absolute atomic E-state index is 10.6. The second-order valence-electron chi connectivity index (χ2n) is 11.0. The van der Waals surface area contributed by atoms with Gasteiger partial charge in [0.2, 0.25) is 5.95 Å². The van der Waals surface area contributed by atoms with E-state index in [1.807, 2.05) is 24.5 Å². The summed E-state index contributed by atoms with van der Waals surface area (Å²) in [6, 6.07) is 6.83. The Labute approximate surface area is 217 Å². The summed E-state index contributed by atoms with van der Waals surface area (Å²) >= 11 is 0. The number of nitrogens with one attached hydrogen (secondary N) is 2. The van der Waals surface area contributed by atoms with E-state index in [0.717, 1.165) is 87.0 Å². The van der Waals surface area contributed by atoms with Gasteiger partial charge in [-0.2, -0.15) is 4.98 Å². The van der Waals surface area contributed by atoms with Crippen LogP contribution in [-0.4, -0.2) is 81.5 Å². The Morgan fingerprint density at radius 3 is 2.59 bits per heavy atom. The van der Waals surface area contributed by atoms with Crippen molar-refractivity contribution in [1.29, 1.82) is 0 Å². The third kappa shape index (κ3) is 4.25. The first kappa shape index (κ1) is 23.3. The number of aliphatic hydroxyl groups is 1. The van der Waals surface area contributed by atoms with Crippen molar-refractivity contribution < 1.29 is 9.84 Å². The van der Waals surface area contributed by atoms with E-state index >= 15 is 0 Å². The molecule has 3 N–H and O–H groups in total. The number of aliphatic hydroxyl groups excluding tert-OH is 1. The van der Waals surface area contributed by atoms with E-state index in [9.17, 15) is 5.11 Å². The Balaban J connectivity index is 1.06. The molecule has 7 rings (SSSR count). The molecule has 3 aromatic heterocycles. The van der Waals surface area contributed by atoms with Gasteiger partial charge >= 0.3 is 0 Å². The maximum Gasteiger partial charge on any atom is 0.230 e. The van der Waals surface area contributed by atoms with Gasteiger partial charge in [-0.05, 0) is 43.9 Å². The topological polar surface area (TPSA) is 104 Å². The number of hydrogen-bond donors (Lipinski definition) is 3. The fraction of sp³-hybridized carbons (Fsp3) is 0.593. The van der Waals surface area contributed by atoms with E-state index < -0.39 is 6.23 Å². The monoisotopic (exact) mass is 504 g/mol. The summed E-state index contributed by atoms with van der Waals surface area (Å²) in [5.74, 6) is 1.26. The van der Waals surface area contributed by atoms with Crippen LogP contribution in [0.1, 0.15) is 50.4 Å². The molecule has 0 aromatic carbocycles. The van der Waals surface area contributed by atoms with Gasteiger partial charge in [0.05, 0.1) is 36.3 Å². The number of nitrogens with zero attached hydrogens (tertiary/aromatic N) is 6. The average molecular weight is 505 g/mol. The predicted molar refractivity (Wildman–Crippen MR) is 142 cm³/mol. The van der Waals surface area contributed by atoms with Crippen molar-refractivity contribution in [3.63, 3.8) is 0 Å². The van der Waals surface area contributed by atoms with Crippen molar-refractivity contribution in [3.8, 4) is 0 Å². The SMILES string of the molecule is OC1NCC2(CCCC2)n2c1cc1cnc(Nc3ccc(N4CCC(N5CCOCC5)CC4)cn3)nc12. The Kier molecular flexibility index (Phi) is 5.99. The van der Waals surface area contributed by atoms with Crippen LogP contribution >= 0.6 is 0 Å². The molecule has 1 spiro atoms. The molecule has 1 unspecified atom stereocenters. The molecule has 10 nitrogen and oxygen atoms in total. The van der Waals surface area contributed by atoms with Crippen molar-refractivity contribution >= 4 is 28.5 Å². The van der Waals surface area contributed by atoms with E-state index in [1.54, 1.807) is 0 Å². The molecule has 0 amide bonds. The highest BCUT2D eigenvalue weighted by atomic mass is 16.5. The van der Waals surface area contributed by atoms with Crippen LogP contribution in [-0.2, 0) is 10.3 Å². The molecule has 37 heavy (non-hydrogen) atoms. The first-order valence-corrected chi connectivity index (χ1v) is 13.8. The number of hydrogen-bond acceptors (Lipinski definition) is 9. The Bertz CT molecular complexity index is 1240. The fourth-order valence-electron chi connectivity index (χ4n) is 6.87. The number of pyridine rings is 1. The second kappa shape index (κ2) is 9.50. The molecular formula is C27H36N8O2. The number of piperidine rings is 1. The normalized spacial score (nSPS) is 24.6. The summed E-state index contributed by atoms with van der Waals surface area (Å²) in [4.78, 5) is 19.2. The molecular weight excluding hydrogens is 468 g/mol. The lowest BCUT2D eigenvalue weighted by molar-refractivity contribution is 0.0115. The van der Waals surface area contributed by atoms with E-state index in [0.29, 0.717) is 12.0 Å². The molecule has 3 fully saturated rings. The molecule has 4 aliphatic rings. The summed E-state index contributed by atoms with van der Waals surface area (Å²) < 4.78 is 7.79. The number of ether oxygens (including phenoxy) is 1. The lowest BCUT2D eigenvalue weighted by Crippen LogP contribution is -2.49. The Hall–Kier alpha value is -2.79. The summed E-state index contributed by atoms with van der Waals surface area (Å²) in [6.45, 7) is 6.72. The van der Waals surface area contributed by atoms with E-state index in [-0.39, 0.29) is 5.54 Å². The van der Waals surface area contributed by atoms with Crippen LogP contribution in [0.4, 0.5) is 17.5 Å². The second-order valence-corrected chi connectivity index (χ2v) is 11.0. The molecule has 3 aliphatic heterocycles. The lowest BCUT2D eigenvalue weighted by Gasteiger charge is -2.40. The molecule has 10 heteroatoms. The Morgan fingerprint density at radius 2 is 1.84 bits per heavy atom. The van der Waals surface area contributed by atoms with Crippen LogP contribution in [0.3, 0.4) is 0 Å². The number of aromatic nitrogens is 4. The molecule has 3 aromatic rings. The lowest BCUT2D eigenvalue weighted by atomic mass is 9.94. The Morgan fingerprint density at radius 1 is 1.03 bits per heavy atom. The van der Waals surface area contributed by atoms with Crippen molar-refractivity contribution in [2.75, 3.05) is 56.2 Å². The highest BCUT2D eigenvalue weighted by Crippen LogP contribution is 2.43. The minimum Gasteiger partial charge on any atom is -0.379 e. The molecule has 1 atom stereocenters. The van der Waals surface area contributed by atoms with Crippen molar-refractivity contribution in [3.05, 3.63) is 36.3 Å². The highest BCUT2D eigenvalue weighted by Gasteiger charge is 2.42. The fourth-order valence-corrected chi connectivity index (χ4v) is 6.87. The standard InChI is InChI=1S/C27H36N8O2/c36-25-22-15-19-16-29-26(32-24(19)35(22)27(18-30-25)7-1-2-8-27)31-23-4-3-21(17-28-23)33-9-5-20(6-10-33)34-11-13-37-14-12-34/h3-4,15-17,20,25,30,36H,1-2,5-14,18H2,(H,28,29,31,32). The molecule has 2 saturated heterocycles. The zero-order valence-electron chi connectivity index (χ0n) is 21.3. The first-order valence-electron chi connectivity index (χ1n) is 13.8. The van der Waals surface area contributed by atoms with Crippen LogP contribution in [0.25, 0.3) is 11.0 Å². The van der Waals surface area contributed by atoms with Gasteiger partial charge in [0.1, 0.15) is 17.7 Å². The van der Waals surface area contributed by atoms with Crippen LogP contribution in [0, 0.1) is 0 Å². The van der Waals surface area contributed by atoms with Gasteiger partial charge in [0.15, 0.2) is 0 Å². The van der Waals surface area contributed by atoms with Gasteiger partial charge in [0, 0.05) is 50.3 Å². The van der Waals surface area contributed by atoms with Gasteiger partial charge in [-0.3, -0.25) is 10.2 Å². The first-order chi connectivity index (χ1) is 18.2. The van der Waals surface area contributed by atoms with Crippen LogP contribution in [0.5, 0.6) is 0 Å². The predicted octanol–water partition coefficient (Wildman–Crippen LogP) is 2.73. The van der Waals surface area contributed by atoms with Gasteiger partial charge < -0.3 is 24.6 Å². The van der Waals surface area contributed by atoms with Gasteiger partial charge in [-0.1, -0.05) is 12.8 Å². The number of anilines is 3. The summed E-state index contributed by atoms with van der Waals surface area (Å²) in [7, 11) is 0. The quantitative estimate of drug-likeness (QED) is 0.495.